The minimum Gasteiger partial charge on any atom is -0.384 e. The standard InChI is InChI=1S/C18H24N6O2.2ClH/c1-3-8-21-15-10-22-12(2)24(18(15)26)11-16(25)23-9-13-4-6-14(7-5-13)17(19)20;;/h4-7,10,21H,3,8-9,11H2,1-2H3,(H3,19,20)(H,23,25);2*1H. The van der Waals surface area contributed by atoms with Crippen molar-refractivity contribution in [1.82, 2.24) is 14.9 Å². The lowest BCUT2D eigenvalue weighted by molar-refractivity contribution is -0.121. The molecule has 0 atom stereocenters. The van der Waals surface area contributed by atoms with Crippen LogP contribution in [0, 0.1) is 12.3 Å². The number of aryl methyl sites for hydroxylation is 1. The average molecular weight is 429 g/mol. The van der Waals surface area contributed by atoms with E-state index in [2.05, 4.69) is 15.6 Å². The first kappa shape index (κ1) is 25.4. The lowest BCUT2D eigenvalue weighted by atomic mass is 10.1. The quantitative estimate of drug-likeness (QED) is 0.376. The summed E-state index contributed by atoms with van der Waals surface area (Å²) in [5.74, 6) is 0.206. The molecule has 28 heavy (non-hydrogen) atoms. The van der Waals surface area contributed by atoms with E-state index in [0.717, 1.165) is 12.0 Å². The molecule has 0 saturated carbocycles. The average Bonchev–Trinajstić information content (AvgIpc) is 2.63. The SMILES string of the molecule is CCCNc1cnc(C)n(CC(=O)NCc2ccc(C(=N)N)cc2)c1=O.Cl.Cl. The van der Waals surface area contributed by atoms with E-state index < -0.39 is 0 Å². The summed E-state index contributed by atoms with van der Waals surface area (Å²) < 4.78 is 1.35. The number of nitrogens with two attached hydrogens (primary N) is 1. The van der Waals surface area contributed by atoms with Crippen LogP contribution in [0.5, 0.6) is 0 Å². The Labute approximate surface area is 176 Å². The molecule has 0 radical (unpaired) electrons. The van der Waals surface area contributed by atoms with Gasteiger partial charge in [-0.2, -0.15) is 0 Å². The summed E-state index contributed by atoms with van der Waals surface area (Å²) in [7, 11) is 0. The van der Waals surface area contributed by atoms with Crippen LogP contribution in [-0.4, -0.2) is 27.8 Å². The number of benzene rings is 1. The summed E-state index contributed by atoms with van der Waals surface area (Å²) in [5.41, 5.74) is 7.06. The van der Waals surface area contributed by atoms with Gasteiger partial charge in [-0.3, -0.25) is 19.6 Å². The Morgan fingerprint density at radius 2 is 1.89 bits per heavy atom. The van der Waals surface area contributed by atoms with Gasteiger partial charge in [-0.25, -0.2) is 4.98 Å². The third-order valence-corrected chi connectivity index (χ3v) is 3.87. The van der Waals surface area contributed by atoms with E-state index in [4.69, 9.17) is 11.1 Å². The van der Waals surface area contributed by atoms with E-state index in [0.29, 0.717) is 30.2 Å². The van der Waals surface area contributed by atoms with E-state index in [1.165, 1.54) is 10.8 Å². The molecule has 2 aromatic rings. The van der Waals surface area contributed by atoms with Gasteiger partial charge in [0.25, 0.3) is 5.56 Å². The number of amides is 1. The van der Waals surface area contributed by atoms with Crippen molar-refractivity contribution in [2.75, 3.05) is 11.9 Å². The van der Waals surface area contributed by atoms with Gasteiger partial charge in [0, 0.05) is 18.7 Å². The molecule has 1 aromatic carbocycles. The van der Waals surface area contributed by atoms with E-state index >= 15 is 0 Å². The van der Waals surface area contributed by atoms with Crippen LogP contribution in [0.1, 0.15) is 30.3 Å². The second-order valence-electron chi connectivity index (χ2n) is 5.92. The smallest absolute Gasteiger partial charge is 0.277 e. The van der Waals surface area contributed by atoms with Crippen molar-refractivity contribution in [3.8, 4) is 0 Å². The van der Waals surface area contributed by atoms with Crippen LogP contribution in [-0.2, 0) is 17.9 Å². The number of aromatic nitrogens is 2. The molecule has 2 rings (SSSR count). The summed E-state index contributed by atoms with van der Waals surface area (Å²) in [4.78, 5) is 28.9. The van der Waals surface area contributed by atoms with Gasteiger partial charge >= 0.3 is 0 Å². The van der Waals surface area contributed by atoms with Crippen molar-refractivity contribution in [2.24, 2.45) is 5.73 Å². The predicted molar refractivity (Wildman–Crippen MR) is 116 cm³/mol. The Morgan fingerprint density at radius 3 is 2.46 bits per heavy atom. The van der Waals surface area contributed by atoms with Gasteiger partial charge in [-0.1, -0.05) is 31.2 Å². The van der Waals surface area contributed by atoms with Crippen LogP contribution in [0.2, 0.25) is 0 Å². The van der Waals surface area contributed by atoms with Crippen molar-refractivity contribution in [3.63, 3.8) is 0 Å². The molecule has 0 aliphatic heterocycles. The molecule has 10 heteroatoms. The number of carbonyl (C=O) groups is 1. The highest BCUT2D eigenvalue weighted by molar-refractivity contribution is 5.94. The zero-order valence-corrected chi connectivity index (χ0v) is 17.5. The van der Waals surface area contributed by atoms with Crippen LogP contribution in [0.15, 0.2) is 35.3 Å². The Balaban J connectivity index is 0.00000364. The first-order chi connectivity index (χ1) is 12.4. The molecular weight excluding hydrogens is 403 g/mol. The van der Waals surface area contributed by atoms with Crippen molar-refractivity contribution in [3.05, 3.63) is 57.8 Å². The molecule has 1 heterocycles. The molecule has 1 amide bonds. The third kappa shape index (κ3) is 6.86. The highest BCUT2D eigenvalue weighted by Crippen LogP contribution is 2.04. The van der Waals surface area contributed by atoms with Crippen LogP contribution in [0.25, 0.3) is 0 Å². The first-order valence-corrected chi connectivity index (χ1v) is 8.42. The largest absolute Gasteiger partial charge is 0.384 e. The van der Waals surface area contributed by atoms with Gasteiger partial charge in [0.15, 0.2) is 0 Å². The van der Waals surface area contributed by atoms with E-state index in [-0.39, 0.29) is 48.7 Å². The molecule has 8 nitrogen and oxygen atoms in total. The Morgan fingerprint density at radius 1 is 1.25 bits per heavy atom. The van der Waals surface area contributed by atoms with E-state index in [9.17, 15) is 9.59 Å². The van der Waals surface area contributed by atoms with Gasteiger partial charge in [-0.05, 0) is 18.9 Å². The van der Waals surface area contributed by atoms with E-state index in [1.54, 1.807) is 31.2 Å². The topological polar surface area (TPSA) is 126 Å². The molecule has 0 unspecified atom stereocenters. The monoisotopic (exact) mass is 428 g/mol. The molecule has 0 spiro atoms. The van der Waals surface area contributed by atoms with Gasteiger partial charge in [-0.15, -0.1) is 24.8 Å². The second kappa shape index (κ2) is 12.0. The van der Waals surface area contributed by atoms with Crippen molar-refractivity contribution in [2.45, 2.75) is 33.4 Å². The minimum atomic E-state index is -0.278. The Kier molecular flexibility index (Phi) is 10.9. The molecule has 0 aliphatic rings. The maximum atomic E-state index is 12.5. The van der Waals surface area contributed by atoms with Crippen molar-refractivity contribution in [1.29, 1.82) is 5.41 Å². The maximum Gasteiger partial charge on any atom is 0.277 e. The van der Waals surface area contributed by atoms with Gasteiger partial charge in [0.05, 0.1) is 6.20 Å². The number of hydrogen-bond acceptors (Lipinski definition) is 5. The Hall–Kier alpha value is -2.58. The molecule has 5 N–H and O–H groups in total. The number of anilines is 1. The third-order valence-electron chi connectivity index (χ3n) is 3.87. The zero-order valence-electron chi connectivity index (χ0n) is 15.8. The van der Waals surface area contributed by atoms with Crippen LogP contribution >= 0.6 is 24.8 Å². The highest BCUT2D eigenvalue weighted by Gasteiger charge is 2.11. The van der Waals surface area contributed by atoms with E-state index in [1.807, 2.05) is 6.92 Å². The first-order valence-electron chi connectivity index (χ1n) is 8.42. The fourth-order valence-electron chi connectivity index (χ4n) is 2.34. The number of nitrogens with one attached hydrogen (secondary N) is 3. The lowest BCUT2D eigenvalue weighted by Gasteiger charge is -2.12. The fraction of sp³-hybridized carbons (Fsp3) is 0.333. The van der Waals surface area contributed by atoms with Gasteiger partial charge < -0.3 is 16.4 Å². The summed E-state index contributed by atoms with van der Waals surface area (Å²) >= 11 is 0. The van der Waals surface area contributed by atoms with Crippen LogP contribution < -0.4 is 21.9 Å². The lowest BCUT2D eigenvalue weighted by Crippen LogP contribution is -2.34. The number of hydrogen-bond donors (Lipinski definition) is 4. The zero-order chi connectivity index (χ0) is 19.1. The van der Waals surface area contributed by atoms with Crippen molar-refractivity contribution >= 4 is 42.2 Å². The number of nitrogens with zero attached hydrogens (tertiary/aromatic N) is 2. The van der Waals surface area contributed by atoms with Gasteiger partial charge in [0.2, 0.25) is 5.91 Å². The highest BCUT2D eigenvalue weighted by atomic mass is 35.5. The number of amidine groups is 1. The molecule has 0 fully saturated rings. The van der Waals surface area contributed by atoms with Crippen LogP contribution in [0.3, 0.4) is 0 Å². The number of nitrogen functional groups attached to an aromatic ring is 1. The molecule has 0 bridgehead atoms. The minimum absolute atomic E-state index is 0. The predicted octanol–water partition coefficient (Wildman–Crippen LogP) is 1.82. The molecule has 1 aromatic heterocycles. The summed E-state index contributed by atoms with van der Waals surface area (Å²) in [6.07, 6.45) is 2.38. The van der Waals surface area contributed by atoms with Crippen molar-refractivity contribution < 1.29 is 4.79 Å². The Bertz CT molecular complexity index is 852. The second-order valence-corrected chi connectivity index (χ2v) is 5.92. The molecular formula is C18H26Cl2N6O2. The van der Waals surface area contributed by atoms with Gasteiger partial charge in [0.1, 0.15) is 23.9 Å². The fourth-order valence-corrected chi connectivity index (χ4v) is 2.34. The molecule has 0 aliphatic carbocycles. The summed E-state index contributed by atoms with van der Waals surface area (Å²) in [5, 5.41) is 13.2. The van der Waals surface area contributed by atoms with Crippen LogP contribution in [0.4, 0.5) is 5.69 Å². The normalized spacial score (nSPS) is 9.64. The number of carbonyl (C=O) groups excluding carboxylic acids is 1. The number of rotatable bonds is 8. The molecule has 154 valence electrons. The maximum absolute atomic E-state index is 12.5. The molecule has 0 saturated heterocycles. The summed E-state index contributed by atoms with van der Waals surface area (Å²) in [6.45, 7) is 4.60. The number of halogens is 2. The summed E-state index contributed by atoms with van der Waals surface area (Å²) in [6, 6.07) is 7.05.